The molecular weight excluding hydrogens is 248 g/mol. The van der Waals surface area contributed by atoms with Gasteiger partial charge in [-0.05, 0) is 30.5 Å². The zero-order valence-corrected chi connectivity index (χ0v) is 11.1. The van der Waals surface area contributed by atoms with Gasteiger partial charge in [0.2, 0.25) is 0 Å². The Morgan fingerprint density at radius 1 is 1.13 bits per heavy atom. The average Bonchev–Trinajstić information content (AvgIpc) is 2.23. The van der Waals surface area contributed by atoms with E-state index in [1.807, 2.05) is 6.07 Å². The van der Waals surface area contributed by atoms with Gasteiger partial charge in [-0.3, -0.25) is 0 Å². The molecule has 1 aromatic carbocycles. The molecule has 83 valence electrons. The van der Waals surface area contributed by atoms with Crippen LogP contribution in [0.1, 0.15) is 51.0 Å². The largest absolute Gasteiger partial charge is 0.0654 e. The SMILES string of the molecule is CCCCCCCCc1cc[c]c(Br)c1. The smallest absolute Gasteiger partial charge is 0.0256 e. The zero-order chi connectivity index (χ0) is 10.9. The molecule has 0 heterocycles. The van der Waals surface area contributed by atoms with Crippen LogP contribution in [0.4, 0.5) is 0 Å². The highest BCUT2D eigenvalue weighted by molar-refractivity contribution is 9.10. The van der Waals surface area contributed by atoms with Crippen molar-refractivity contribution in [3.8, 4) is 0 Å². The molecule has 0 unspecified atom stereocenters. The van der Waals surface area contributed by atoms with Crippen molar-refractivity contribution in [1.82, 2.24) is 0 Å². The Morgan fingerprint density at radius 2 is 1.87 bits per heavy atom. The van der Waals surface area contributed by atoms with E-state index in [1.54, 1.807) is 0 Å². The lowest BCUT2D eigenvalue weighted by atomic mass is 10.1. The first kappa shape index (κ1) is 12.8. The summed E-state index contributed by atoms with van der Waals surface area (Å²) >= 11 is 3.45. The van der Waals surface area contributed by atoms with Crippen LogP contribution in [0.3, 0.4) is 0 Å². The topological polar surface area (TPSA) is 0 Å². The van der Waals surface area contributed by atoms with Crippen molar-refractivity contribution < 1.29 is 0 Å². The van der Waals surface area contributed by atoms with Crippen molar-refractivity contribution in [1.29, 1.82) is 0 Å². The van der Waals surface area contributed by atoms with Crippen LogP contribution in [0.5, 0.6) is 0 Å². The molecule has 15 heavy (non-hydrogen) atoms. The summed E-state index contributed by atoms with van der Waals surface area (Å²) in [5.74, 6) is 0. The summed E-state index contributed by atoms with van der Waals surface area (Å²) < 4.78 is 1.07. The quantitative estimate of drug-likeness (QED) is 0.600. The molecule has 0 aliphatic carbocycles. The molecule has 1 radical (unpaired) electrons. The molecular formula is C14H20Br. The van der Waals surface area contributed by atoms with E-state index in [0.29, 0.717) is 0 Å². The summed E-state index contributed by atoms with van der Waals surface area (Å²) in [4.78, 5) is 0. The second kappa shape index (κ2) is 7.92. The van der Waals surface area contributed by atoms with Crippen molar-refractivity contribution in [2.75, 3.05) is 0 Å². The van der Waals surface area contributed by atoms with E-state index >= 15 is 0 Å². The first-order chi connectivity index (χ1) is 7.33. The fraction of sp³-hybridized carbons (Fsp3) is 0.571. The molecule has 0 N–H and O–H groups in total. The molecule has 0 aliphatic rings. The maximum absolute atomic E-state index is 3.45. The Labute approximate surface area is 102 Å². The summed E-state index contributed by atoms with van der Waals surface area (Å²) in [6.45, 7) is 2.26. The molecule has 1 rings (SSSR count). The first-order valence-corrected chi connectivity index (χ1v) is 6.78. The van der Waals surface area contributed by atoms with E-state index in [4.69, 9.17) is 0 Å². The number of hydrogen-bond acceptors (Lipinski definition) is 0. The Bertz CT molecular complexity index is 268. The van der Waals surface area contributed by atoms with E-state index in [1.165, 1.54) is 50.5 Å². The van der Waals surface area contributed by atoms with Crippen molar-refractivity contribution in [2.24, 2.45) is 0 Å². The summed E-state index contributed by atoms with van der Waals surface area (Å²) in [6.07, 6.45) is 9.43. The van der Waals surface area contributed by atoms with Crippen LogP contribution in [0.2, 0.25) is 0 Å². The van der Waals surface area contributed by atoms with E-state index in [0.717, 1.165) is 4.47 Å². The van der Waals surface area contributed by atoms with Gasteiger partial charge in [-0.25, -0.2) is 0 Å². The number of halogens is 1. The van der Waals surface area contributed by atoms with E-state index in [9.17, 15) is 0 Å². The standard InChI is InChI=1S/C14H20Br/c1-2-3-4-5-6-7-9-13-10-8-11-14(15)12-13/h8,10,12H,2-7,9H2,1H3. The van der Waals surface area contributed by atoms with Crippen molar-refractivity contribution in [3.05, 3.63) is 34.3 Å². The molecule has 0 atom stereocenters. The van der Waals surface area contributed by atoms with Crippen LogP contribution in [-0.2, 0) is 6.42 Å². The van der Waals surface area contributed by atoms with Gasteiger partial charge in [-0.2, -0.15) is 0 Å². The molecule has 0 nitrogen and oxygen atoms in total. The Balaban J connectivity index is 2.10. The Kier molecular flexibility index (Phi) is 6.74. The van der Waals surface area contributed by atoms with Crippen molar-refractivity contribution >= 4 is 15.9 Å². The molecule has 0 saturated carbocycles. The van der Waals surface area contributed by atoms with Gasteiger partial charge in [-0.15, -0.1) is 0 Å². The Morgan fingerprint density at radius 3 is 2.60 bits per heavy atom. The second-order valence-corrected chi connectivity index (χ2v) is 4.92. The highest BCUT2D eigenvalue weighted by Crippen LogP contribution is 2.14. The van der Waals surface area contributed by atoms with Crippen LogP contribution in [-0.4, -0.2) is 0 Å². The van der Waals surface area contributed by atoms with E-state index in [-0.39, 0.29) is 0 Å². The monoisotopic (exact) mass is 267 g/mol. The van der Waals surface area contributed by atoms with Gasteiger partial charge in [0.1, 0.15) is 0 Å². The van der Waals surface area contributed by atoms with Crippen LogP contribution >= 0.6 is 15.9 Å². The molecule has 1 heteroatoms. The van der Waals surface area contributed by atoms with E-state index in [2.05, 4.69) is 41.1 Å². The molecule has 0 aromatic heterocycles. The van der Waals surface area contributed by atoms with Crippen LogP contribution in [0.25, 0.3) is 0 Å². The number of aryl methyl sites for hydroxylation is 1. The zero-order valence-electron chi connectivity index (χ0n) is 9.56. The normalized spacial score (nSPS) is 10.5. The summed E-state index contributed by atoms with van der Waals surface area (Å²) in [5, 5.41) is 0. The lowest BCUT2D eigenvalue weighted by Crippen LogP contribution is -1.86. The van der Waals surface area contributed by atoms with E-state index < -0.39 is 0 Å². The molecule has 0 fully saturated rings. The maximum Gasteiger partial charge on any atom is 0.0256 e. The highest BCUT2D eigenvalue weighted by atomic mass is 79.9. The third kappa shape index (κ3) is 5.99. The number of unbranched alkanes of at least 4 members (excludes halogenated alkanes) is 5. The van der Waals surface area contributed by atoms with Gasteiger partial charge in [0.05, 0.1) is 0 Å². The van der Waals surface area contributed by atoms with Gasteiger partial charge in [0.25, 0.3) is 0 Å². The number of benzene rings is 1. The minimum atomic E-state index is 1.07. The van der Waals surface area contributed by atoms with Gasteiger partial charge in [-0.1, -0.05) is 67.1 Å². The van der Waals surface area contributed by atoms with Crippen LogP contribution in [0.15, 0.2) is 22.7 Å². The second-order valence-electron chi connectivity index (χ2n) is 4.06. The predicted octanol–water partition coefficient (Wildman–Crippen LogP) is 5.15. The molecule has 0 spiro atoms. The Hall–Kier alpha value is -0.300. The van der Waals surface area contributed by atoms with Crippen LogP contribution < -0.4 is 0 Å². The van der Waals surface area contributed by atoms with Gasteiger partial charge in [0, 0.05) is 4.47 Å². The van der Waals surface area contributed by atoms with Crippen molar-refractivity contribution in [3.63, 3.8) is 0 Å². The van der Waals surface area contributed by atoms with Gasteiger partial charge in [0.15, 0.2) is 0 Å². The minimum absolute atomic E-state index is 1.07. The molecule has 0 saturated heterocycles. The third-order valence-electron chi connectivity index (χ3n) is 2.65. The number of rotatable bonds is 7. The molecule has 0 amide bonds. The minimum Gasteiger partial charge on any atom is -0.0654 e. The first-order valence-electron chi connectivity index (χ1n) is 5.99. The maximum atomic E-state index is 3.45. The lowest BCUT2D eigenvalue weighted by Gasteiger charge is -2.02. The van der Waals surface area contributed by atoms with Crippen molar-refractivity contribution in [2.45, 2.75) is 51.9 Å². The lowest BCUT2D eigenvalue weighted by molar-refractivity contribution is 0.607. The predicted molar refractivity (Wildman–Crippen MR) is 70.1 cm³/mol. The number of hydrogen-bond donors (Lipinski definition) is 0. The average molecular weight is 268 g/mol. The molecule has 0 aliphatic heterocycles. The van der Waals surface area contributed by atoms with Gasteiger partial charge >= 0.3 is 0 Å². The fourth-order valence-corrected chi connectivity index (χ4v) is 2.17. The highest BCUT2D eigenvalue weighted by Gasteiger charge is 1.95. The fourth-order valence-electron chi connectivity index (χ4n) is 1.75. The molecule has 1 aromatic rings. The summed E-state index contributed by atoms with van der Waals surface area (Å²) in [5.41, 5.74) is 1.43. The third-order valence-corrected chi connectivity index (χ3v) is 3.11. The van der Waals surface area contributed by atoms with Gasteiger partial charge < -0.3 is 0 Å². The van der Waals surface area contributed by atoms with Crippen LogP contribution in [0, 0.1) is 6.07 Å². The summed E-state index contributed by atoms with van der Waals surface area (Å²) in [7, 11) is 0. The molecule has 0 bridgehead atoms. The summed E-state index contributed by atoms with van der Waals surface area (Å²) in [6, 6.07) is 9.44.